The second-order valence-electron chi connectivity index (χ2n) is 7.11. The molecule has 1 aliphatic rings. The van der Waals surface area contributed by atoms with Crippen LogP contribution in [0, 0.1) is 5.41 Å². The molecule has 0 saturated carbocycles. The zero-order valence-electron chi connectivity index (χ0n) is 17.4. The Kier molecular flexibility index (Phi) is 7.77. The van der Waals surface area contributed by atoms with Gasteiger partial charge in [0.05, 0.1) is 0 Å². The van der Waals surface area contributed by atoms with Gasteiger partial charge >= 0.3 is 203 Å². The van der Waals surface area contributed by atoms with E-state index in [0.717, 1.165) is 11.9 Å². The van der Waals surface area contributed by atoms with E-state index in [0.29, 0.717) is 39.9 Å². The van der Waals surface area contributed by atoms with Gasteiger partial charge in [-0.1, -0.05) is 0 Å². The summed E-state index contributed by atoms with van der Waals surface area (Å²) in [7, 11) is 0. The fourth-order valence-corrected chi connectivity index (χ4v) is 6.73. The fraction of sp³-hybridized carbons (Fsp3) is 0.190. The Bertz CT molecular complexity index is 1130. The van der Waals surface area contributed by atoms with Crippen molar-refractivity contribution in [1.82, 2.24) is 19.9 Å². The number of aliphatic hydroxyl groups excluding tert-OH is 1. The van der Waals surface area contributed by atoms with E-state index in [9.17, 15) is 9.90 Å². The van der Waals surface area contributed by atoms with Gasteiger partial charge in [0.25, 0.3) is 0 Å². The molecular formula is C21H22ClIN7O3+. The number of halogens is 2. The van der Waals surface area contributed by atoms with E-state index >= 15 is 0 Å². The van der Waals surface area contributed by atoms with E-state index < -0.39 is 26.3 Å². The van der Waals surface area contributed by atoms with Crippen LogP contribution in [0.3, 0.4) is 0 Å². The van der Waals surface area contributed by atoms with Gasteiger partial charge < -0.3 is 0 Å². The van der Waals surface area contributed by atoms with Gasteiger partial charge in [0.15, 0.2) is 0 Å². The molecule has 0 atom stereocenters. The third kappa shape index (κ3) is 6.00. The number of alkyl halides is 1. The Morgan fingerprint density at radius 1 is 1.27 bits per heavy atom. The molecule has 4 rings (SSSR count). The molecule has 1 fully saturated rings. The number of para-hydroxylation sites is 1. The molecule has 1 amide bonds. The third-order valence-corrected chi connectivity index (χ3v) is 8.92. The molecule has 0 spiro atoms. The van der Waals surface area contributed by atoms with E-state index in [4.69, 9.17) is 20.1 Å². The second-order valence-corrected chi connectivity index (χ2v) is 11.4. The minimum absolute atomic E-state index is 0.167. The first-order chi connectivity index (χ1) is 16.0. The molecular weight excluding hydrogens is 561 g/mol. The van der Waals surface area contributed by atoms with Crippen LogP contribution in [0.5, 0.6) is 5.88 Å². The summed E-state index contributed by atoms with van der Waals surface area (Å²) in [6, 6.07) is 12.5. The van der Waals surface area contributed by atoms with Crippen molar-refractivity contribution >= 4 is 59.3 Å². The van der Waals surface area contributed by atoms with Gasteiger partial charge in [0.1, 0.15) is 0 Å². The third-order valence-electron chi connectivity index (χ3n) is 4.68. The van der Waals surface area contributed by atoms with Gasteiger partial charge in [-0.15, -0.1) is 0 Å². The zero-order valence-corrected chi connectivity index (χ0v) is 20.3. The molecule has 10 nitrogen and oxygen atoms in total. The molecule has 0 bridgehead atoms. The van der Waals surface area contributed by atoms with Crippen molar-refractivity contribution in [3.05, 3.63) is 65.6 Å². The van der Waals surface area contributed by atoms with Crippen LogP contribution in [-0.2, 0) is 0 Å². The topological polar surface area (TPSA) is 141 Å². The molecule has 172 valence electrons. The van der Waals surface area contributed by atoms with Crippen LogP contribution in [0.25, 0.3) is 0 Å². The number of nitrogens with one attached hydrogen (secondary N) is 2. The van der Waals surface area contributed by atoms with E-state index in [1.54, 1.807) is 35.8 Å². The number of carbonyl (C=O) groups is 1. The van der Waals surface area contributed by atoms with Gasteiger partial charge in [-0.05, 0) is 0 Å². The van der Waals surface area contributed by atoms with Crippen molar-refractivity contribution < 1.29 is 18.3 Å². The predicted octanol–water partition coefficient (Wildman–Crippen LogP) is 2.72. The van der Waals surface area contributed by atoms with Crippen LogP contribution in [0.4, 0.5) is 22.1 Å². The number of aromatic nitrogens is 3. The number of β-amino-alcohol motifs (C(OH)–C–C–N with tert-alkyl or cyclic N) is 1. The van der Waals surface area contributed by atoms with E-state index in [2.05, 4.69) is 20.3 Å². The Morgan fingerprint density at radius 3 is 2.76 bits per heavy atom. The number of likely N-dealkylation sites (tertiary alicyclic amines) is 1. The first-order valence-electron chi connectivity index (χ1n) is 9.95. The van der Waals surface area contributed by atoms with Crippen molar-refractivity contribution in [1.29, 1.82) is 5.41 Å². The van der Waals surface area contributed by atoms with E-state index in [-0.39, 0.29) is 9.79 Å². The summed E-state index contributed by atoms with van der Waals surface area (Å²) in [6.45, 7) is 0.974. The number of pyridine rings is 1. The number of hydrogen-bond acceptors (Lipinski definition) is 8. The number of amides is 1. The van der Waals surface area contributed by atoms with Crippen molar-refractivity contribution in [3.8, 4) is 5.88 Å². The molecule has 3 aromatic rings. The normalized spacial score (nSPS) is 14.3. The van der Waals surface area contributed by atoms with Gasteiger partial charge in [-0.3, -0.25) is 0 Å². The fourth-order valence-electron chi connectivity index (χ4n) is 3.03. The Balaban J connectivity index is 1.57. The molecule has 1 aliphatic heterocycles. The van der Waals surface area contributed by atoms with Crippen LogP contribution >= 0.6 is 31.8 Å². The van der Waals surface area contributed by atoms with E-state index in [1.807, 2.05) is 23.1 Å². The summed E-state index contributed by atoms with van der Waals surface area (Å²) in [5.41, 5.74) is 1.10. The standard InChI is InChI=1S/C21H21ClIN7O3/c22-16-5-1-2-6-17(16)28-19-15(9-24)20(27-13-26-19)33-23(12-30-10-14(31)11-30)21(32)29-18-7-3-4-8-25-18/h1-9,13-14,24,31H,10-12H2,(H,25,29,32)(H,26,27,28)/p+1. The number of rotatable bonds is 9. The number of nitrogens with zero attached hydrogens (tertiary/aromatic N) is 4. The summed E-state index contributed by atoms with van der Waals surface area (Å²) >= 11 is 3.41. The SMILES string of the molecule is N=Cc1c([NH2+]c2ccccc2Cl)ncnc1OI(CN1CC(O)C1)C(=O)Nc1ccccn1. The number of quaternary nitrogens is 1. The molecule has 0 unspecified atom stereocenters. The number of benzene rings is 1. The average molecular weight is 583 g/mol. The van der Waals surface area contributed by atoms with Gasteiger partial charge in [-0.25, -0.2) is 0 Å². The molecule has 33 heavy (non-hydrogen) atoms. The van der Waals surface area contributed by atoms with Crippen molar-refractivity contribution in [2.24, 2.45) is 0 Å². The Labute approximate surface area is 202 Å². The first kappa shape index (κ1) is 23.4. The van der Waals surface area contributed by atoms with Crippen LogP contribution in [0.15, 0.2) is 55.0 Å². The summed E-state index contributed by atoms with van der Waals surface area (Å²) in [4.78, 5) is 27.7. The van der Waals surface area contributed by atoms with E-state index in [1.165, 1.54) is 6.33 Å². The average Bonchev–Trinajstić information content (AvgIpc) is 2.80. The number of anilines is 1. The van der Waals surface area contributed by atoms with Crippen molar-refractivity contribution in [2.45, 2.75) is 6.10 Å². The summed E-state index contributed by atoms with van der Waals surface area (Å²) < 4.78 is 6.29. The molecule has 5 N–H and O–H groups in total. The molecule has 12 heteroatoms. The second kappa shape index (κ2) is 10.9. The first-order valence-corrected chi connectivity index (χ1v) is 13.8. The number of nitrogens with two attached hydrogens (primary N) is 1. The molecule has 3 heterocycles. The Hall–Kier alpha value is -2.71. The monoisotopic (exact) mass is 582 g/mol. The summed E-state index contributed by atoms with van der Waals surface area (Å²) in [5, 5.41) is 22.7. The molecule has 1 saturated heterocycles. The van der Waals surface area contributed by atoms with Crippen LogP contribution < -0.4 is 13.7 Å². The number of hydrogen-bond donors (Lipinski definition) is 4. The van der Waals surface area contributed by atoms with Crippen molar-refractivity contribution in [2.75, 3.05) is 23.0 Å². The number of carbonyl (C=O) groups excluding carboxylic acids is 1. The zero-order chi connectivity index (χ0) is 23.2. The summed E-state index contributed by atoms with van der Waals surface area (Å²) in [6.07, 6.45) is 3.64. The minimum atomic E-state index is -2.86. The maximum absolute atomic E-state index is 13.1. The van der Waals surface area contributed by atoms with Crippen LogP contribution in [-0.4, -0.2) is 58.8 Å². The van der Waals surface area contributed by atoms with Gasteiger partial charge in [-0.2, -0.15) is 0 Å². The van der Waals surface area contributed by atoms with Crippen molar-refractivity contribution in [3.63, 3.8) is 0 Å². The molecule has 1 aromatic carbocycles. The van der Waals surface area contributed by atoms with Crippen LogP contribution in [0.1, 0.15) is 5.56 Å². The molecule has 2 aromatic heterocycles. The van der Waals surface area contributed by atoms with Gasteiger partial charge in [0.2, 0.25) is 0 Å². The molecule has 0 radical (unpaired) electrons. The summed E-state index contributed by atoms with van der Waals surface area (Å²) in [5.74, 6) is 1.06. The predicted molar refractivity (Wildman–Crippen MR) is 133 cm³/mol. The quantitative estimate of drug-likeness (QED) is 0.0759. The Morgan fingerprint density at radius 2 is 2.06 bits per heavy atom. The molecule has 0 aliphatic carbocycles. The maximum atomic E-state index is 13.1. The van der Waals surface area contributed by atoms with Gasteiger partial charge in [0, 0.05) is 0 Å². The van der Waals surface area contributed by atoms with Crippen LogP contribution in [0.2, 0.25) is 5.02 Å². The number of aliphatic hydroxyl groups is 1.